The number of hydrogen-bond donors (Lipinski definition) is 7. The highest BCUT2D eigenvalue weighted by molar-refractivity contribution is 6.31. The van der Waals surface area contributed by atoms with Gasteiger partial charge < -0.3 is 69.7 Å². The fourth-order valence-electron chi connectivity index (χ4n) is 8.43. The van der Waals surface area contributed by atoms with Gasteiger partial charge in [0.25, 0.3) is 0 Å². The first-order valence-electron chi connectivity index (χ1n) is 21.5. The summed E-state index contributed by atoms with van der Waals surface area (Å²) in [5, 5.41) is 57.8. The van der Waals surface area contributed by atoms with E-state index < -0.39 is 95.7 Å². The number of aromatic hydroxyl groups is 2. The number of aliphatic hydroxyl groups is 3. The van der Waals surface area contributed by atoms with Gasteiger partial charge in [-0.25, -0.2) is 9.97 Å². The van der Waals surface area contributed by atoms with E-state index in [0.29, 0.717) is 43.7 Å². The molecule has 68 heavy (non-hydrogen) atoms. The van der Waals surface area contributed by atoms with Crippen LogP contribution in [0.25, 0.3) is 10.9 Å². The molecule has 2 aliphatic carbocycles. The van der Waals surface area contributed by atoms with Crippen LogP contribution in [0.1, 0.15) is 74.4 Å². The van der Waals surface area contributed by atoms with Gasteiger partial charge in [0, 0.05) is 78.9 Å². The van der Waals surface area contributed by atoms with Crippen LogP contribution in [0.2, 0.25) is 0 Å². The smallest absolute Gasteiger partial charge is 0.202 e. The molecule has 2 heterocycles. The Morgan fingerprint density at radius 3 is 2.28 bits per heavy atom. The Labute approximate surface area is 390 Å². The fourth-order valence-corrected chi connectivity index (χ4v) is 8.43. The van der Waals surface area contributed by atoms with Gasteiger partial charge in [-0.1, -0.05) is 24.1 Å². The molecular weight excluding hydrogens is 885 g/mol. The summed E-state index contributed by atoms with van der Waals surface area (Å²) in [6, 6.07) is 14.9. The van der Waals surface area contributed by atoms with Crippen LogP contribution in [0.15, 0.2) is 60.9 Å². The molecule has 0 unspecified atom stereocenters. The van der Waals surface area contributed by atoms with E-state index in [9.17, 15) is 39.9 Å². The molecule has 358 valence electrons. The number of ketones is 3. The normalized spacial score (nSPS) is 21.6. The van der Waals surface area contributed by atoms with E-state index in [1.807, 2.05) is 36.4 Å². The van der Waals surface area contributed by atoms with E-state index in [2.05, 4.69) is 21.2 Å². The van der Waals surface area contributed by atoms with Gasteiger partial charge in [0.1, 0.15) is 54.8 Å². The van der Waals surface area contributed by atoms with Crippen LogP contribution in [-0.4, -0.2) is 137 Å². The molecule has 3 aliphatic rings. The number of aliphatic hydroxyl groups excluding tert-OH is 2. The van der Waals surface area contributed by atoms with Crippen LogP contribution in [0, 0.1) is 12.3 Å². The lowest BCUT2D eigenvalue weighted by Gasteiger charge is -2.42. The number of carbonyl (C=O) groups is 3. The molecule has 19 nitrogen and oxygen atoms in total. The maximum atomic E-state index is 13.6. The molecule has 5 aromatic rings. The number of hydrogen-bond acceptors (Lipinski definition) is 19. The van der Waals surface area contributed by atoms with Crippen molar-refractivity contribution in [3.8, 4) is 41.1 Å². The van der Waals surface area contributed by atoms with Crippen molar-refractivity contribution < 1.29 is 73.1 Å². The Balaban J connectivity index is 0.000000211. The molecule has 6 atom stereocenters. The number of nitrogens with two attached hydrogens (primary N) is 1. The van der Waals surface area contributed by atoms with Gasteiger partial charge in [-0.15, -0.1) is 6.42 Å². The van der Waals surface area contributed by atoms with Crippen molar-refractivity contribution in [3.63, 3.8) is 0 Å². The molecule has 19 heteroatoms. The van der Waals surface area contributed by atoms with Gasteiger partial charge in [-0.05, 0) is 37.3 Å². The highest BCUT2D eigenvalue weighted by Gasteiger charge is 2.50. The molecule has 1 aromatic heterocycles. The molecular formula is C49H52N4O15. The largest absolute Gasteiger partial charge is 0.507 e. The van der Waals surface area contributed by atoms with Crippen LogP contribution in [-0.2, 0) is 30.2 Å². The number of nitrogens with one attached hydrogen (secondary N) is 1. The number of ether oxygens (including phenoxy) is 7. The molecule has 0 saturated carbocycles. The highest BCUT2D eigenvalue weighted by atomic mass is 16.7. The number of phenolic OH excluding ortho intramolecular Hbond substituents is 2. The molecule has 0 amide bonds. The van der Waals surface area contributed by atoms with Gasteiger partial charge >= 0.3 is 0 Å². The summed E-state index contributed by atoms with van der Waals surface area (Å²) in [6.07, 6.45) is 1.87. The zero-order valence-corrected chi connectivity index (χ0v) is 37.7. The third kappa shape index (κ3) is 9.80. The Hall–Kier alpha value is -6.73. The average molecular weight is 937 g/mol. The summed E-state index contributed by atoms with van der Waals surface area (Å²) < 4.78 is 38.8. The average Bonchev–Trinajstić information content (AvgIpc) is 3.33. The minimum absolute atomic E-state index is 0.0173. The maximum absolute atomic E-state index is 13.6. The molecule has 4 aromatic carbocycles. The van der Waals surface area contributed by atoms with Gasteiger partial charge in [0.15, 0.2) is 29.4 Å². The van der Waals surface area contributed by atoms with Gasteiger partial charge in [0.2, 0.25) is 5.78 Å². The number of terminal acetylenes is 1. The SMILES string of the molecule is C#Cc1cccc(Nc2ncnc3cc(OCCOC)c(OCCOC)cc23)c1.COc1cccc2c1C(=O)c1c(O)c3c(c(O)c1C2=O)C[C@@](O)(C(=O)CO)C[C@@H]3O[C@H]1C[C@H](N)[C@H](O)[C@H](C)O1. The molecule has 0 spiro atoms. The van der Waals surface area contributed by atoms with Gasteiger partial charge in [-0.3, -0.25) is 14.4 Å². The maximum Gasteiger partial charge on any atom is 0.202 e. The number of fused-ring (bicyclic) bond motifs is 4. The van der Waals surface area contributed by atoms with E-state index in [4.69, 9.17) is 45.3 Å². The first kappa shape index (κ1) is 49.2. The molecule has 8 rings (SSSR count). The van der Waals surface area contributed by atoms with Crippen LogP contribution in [0.4, 0.5) is 11.5 Å². The Morgan fingerprint density at radius 1 is 0.926 bits per heavy atom. The number of nitrogens with zero attached hydrogens (tertiary/aromatic N) is 2. The third-order valence-corrected chi connectivity index (χ3v) is 11.9. The summed E-state index contributed by atoms with van der Waals surface area (Å²) in [7, 11) is 4.57. The summed E-state index contributed by atoms with van der Waals surface area (Å²) in [5.41, 5.74) is 4.72. The van der Waals surface area contributed by atoms with Crippen LogP contribution < -0.4 is 25.3 Å². The molecule has 1 fully saturated rings. The molecule has 1 saturated heterocycles. The zero-order chi connectivity index (χ0) is 48.9. The number of Topliss-reactive ketones (excluding diaryl/α,β-unsaturated/α-hetero) is 1. The molecule has 0 radical (unpaired) electrons. The second-order valence-corrected chi connectivity index (χ2v) is 16.2. The van der Waals surface area contributed by atoms with Crippen molar-refractivity contribution in [1.82, 2.24) is 9.97 Å². The van der Waals surface area contributed by atoms with Crippen LogP contribution in [0.5, 0.6) is 28.7 Å². The number of aromatic nitrogens is 2. The van der Waals surface area contributed by atoms with Crippen molar-refractivity contribution in [2.75, 3.05) is 59.7 Å². The quantitative estimate of drug-likeness (QED) is 0.0441. The predicted octanol–water partition coefficient (Wildman–Crippen LogP) is 3.41. The summed E-state index contributed by atoms with van der Waals surface area (Å²) >= 11 is 0. The third-order valence-electron chi connectivity index (χ3n) is 11.9. The van der Waals surface area contributed by atoms with Crippen molar-refractivity contribution in [2.45, 2.75) is 62.4 Å². The fraction of sp³-hybridized carbons (Fsp3) is 0.367. The van der Waals surface area contributed by atoms with Crippen molar-refractivity contribution >= 4 is 39.8 Å². The van der Waals surface area contributed by atoms with Gasteiger partial charge in [-0.2, -0.15) is 0 Å². The molecule has 1 aliphatic heterocycles. The molecule has 0 bridgehead atoms. The van der Waals surface area contributed by atoms with Crippen molar-refractivity contribution in [2.24, 2.45) is 5.73 Å². The van der Waals surface area contributed by atoms with E-state index in [1.54, 1.807) is 21.1 Å². The number of anilines is 2. The standard InChI is InChI=1S/C27H29NO11.C22H23N3O4/c1-10-22(31)13(28)6-17(38-10)39-15-8-27(36,16(30)9-29)7-12-19(15)26(35)21-20(24(12)33)23(32)11-4-3-5-14(37-2)18(11)25(21)34;1-4-16-6-5-7-17(12-16)25-22-18-13-20(28-10-8-26-2)21(29-11-9-27-3)14-19(18)23-15-24-22/h3-5,10,13,15,17,22,29,31,33,35-36H,6-9,28H2,1-2H3;1,5-7,12-15H,8-11H2,2-3H3,(H,23,24,25)/t10-,13-,15-,17-,22+,27-;/m0./s1. The predicted molar refractivity (Wildman–Crippen MR) is 244 cm³/mol. The second kappa shape index (κ2) is 21.1. The second-order valence-electron chi connectivity index (χ2n) is 16.2. The van der Waals surface area contributed by atoms with E-state index in [0.717, 1.165) is 22.2 Å². The van der Waals surface area contributed by atoms with Crippen LogP contribution in [0.3, 0.4) is 0 Å². The zero-order valence-electron chi connectivity index (χ0n) is 37.7. The summed E-state index contributed by atoms with van der Waals surface area (Å²) in [6.45, 7) is 2.29. The Kier molecular flexibility index (Phi) is 15.2. The number of methoxy groups -OCH3 is 3. The van der Waals surface area contributed by atoms with E-state index in [1.165, 1.54) is 31.6 Å². The number of phenols is 2. The lowest BCUT2D eigenvalue weighted by atomic mass is 9.72. The lowest BCUT2D eigenvalue weighted by molar-refractivity contribution is -0.247. The Bertz CT molecular complexity index is 2750. The first-order valence-corrected chi connectivity index (χ1v) is 21.5. The number of benzene rings is 4. The van der Waals surface area contributed by atoms with Gasteiger partial charge in [0.05, 0.1) is 60.8 Å². The van der Waals surface area contributed by atoms with E-state index in [-0.39, 0.29) is 34.4 Å². The lowest BCUT2D eigenvalue weighted by Crippen LogP contribution is -2.53. The topological polar surface area (TPSA) is 281 Å². The number of carbonyl (C=O) groups excluding carboxylic acids is 3. The van der Waals surface area contributed by atoms with E-state index >= 15 is 0 Å². The van der Waals surface area contributed by atoms with Crippen LogP contribution >= 0.6 is 0 Å². The van der Waals surface area contributed by atoms with Crippen molar-refractivity contribution in [1.29, 1.82) is 0 Å². The minimum Gasteiger partial charge on any atom is -0.507 e. The molecule has 8 N–H and O–H groups in total. The highest BCUT2D eigenvalue weighted by Crippen LogP contribution is 2.52. The monoisotopic (exact) mass is 936 g/mol. The summed E-state index contributed by atoms with van der Waals surface area (Å²) in [5.74, 6) is 0.668. The summed E-state index contributed by atoms with van der Waals surface area (Å²) in [4.78, 5) is 48.5. The number of rotatable bonds is 15. The Morgan fingerprint density at radius 2 is 1.62 bits per heavy atom. The van der Waals surface area contributed by atoms with Crippen molar-refractivity contribution in [3.05, 3.63) is 99.9 Å². The first-order chi connectivity index (χ1) is 32.7. The minimum atomic E-state index is -2.24.